The van der Waals surface area contributed by atoms with Crippen LogP contribution in [-0.2, 0) is 0 Å². The molecule has 0 aromatic carbocycles. The Bertz CT molecular complexity index is 307. The van der Waals surface area contributed by atoms with E-state index < -0.39 is 0 Å². The molecular formula is C13H26IN3S. The van der Waals surface area contributed by atoms with Gasteiger partial charge in [-0.1, -0.05) is 6.92 Å². The van der Waals surface area contributed by atoms with Gasteiger partial charge in [0.2, 0.25) is 0 Å². The predicted molar refractivity (Wildman–Crippen MR) is 92.2 cm³/mol. The number of halogens is 1. The smallest absolute Gasteiger partial charge is 0.194 e. The predicted octanol–water partition coefficient (Wildman–Crippen LogP) is 2.81. The Morgan fingerprint density at radius 3 is 2.67 bits per heavy atom. The standard InChI is InChI=1S/C13H25N3S.HI/c1-5-14-12(15-11-8-10(11)2)16-6-7-17-13(3,4)9-16;/h10-11H,5-9H2,1-4H3,(H,14,15);1H. The van der Waals surface area contributed by atoms with Crippen LogP contribution < -0.4 is 5.32 Å². The van der Waals surface area contributed by atoms with E-state index in [2.05, 4.69) is 54.7 Å². The van der Waals surface area contributed by atoms with Gasteiger partial charge in [-0.25, -0.2) is 0 Å². The summed E-state index contributed by atoms with van der Waals surface area (Å²) in [5.74, 6) is 3.16. The van der Waals surface area contributed by atoms with Gasteiger partial charge in [-0.2, -0.15) is 11.8 Å². The lowest BCUT2D eigenvalue weighted by Crippen LogP contribution is -2.51. The van der Waals surface area contributed by atoms with Crippen molar-refractivity contribution >= 4 is 41.7 Å². The molecule has 2 fully saturated rings. The van der Waals surface area contributed by atoms with Crippen molar-refractivity contribution in [1.82, 2.24) is 10.2 Å². The van der Waals surface area contributed by atoms with Gasteiger partial charge >= 0.3 is 0 Å². The number of guanidine groups is 1. The zero-order valence-electron chi connectivity index (χ0n) is 11.9. The summed E-state index contributed by atoms with van der Waals surface area (Å²) in [6.45, 7) is 12.2. The van der Waals surface area contributed by atoms with Crippen LogP contribution in [-0.4, -0.2) is 47.0 Å². The molecule has 2 aliphatic rings. The zero-order valence-corrected chi connectivity index (χ0v) is 15.0. The highest BCUT2D eigenvalue weighted by Crippen LogP contribution is 2.31. The molecule has 2 unspecified atom stereocenters. The Morgan fingerprint density at radius 1 is 1.50 bits per heavy atom. The second kappa shape index (κ2) is 6.68. The molecule has 1 N–H and O–H groups in total. The number of nitrogens with zero attached hydrogens (tertiary/aromatic N) is 2. The first kappa shape index (κ1) is 16.4. The summed E-state index contributed by atoms with van der Waals surface area (Å²) in [5.41, 5.74) is 0. The van der Waals surface area contributed by atoms with Crippen molar-refractivity contribution in [2.24, 2.45) is 10.9 Å². The summed E-state index contributed by atoms with van der Waals surface area (Å²) in [5, 5.41) is 3.62. The van der Waals surface area contributed by atoms with Crippen molar-refractivity contribution in [3.05, 3.63) is 0 Å². The number of aliphatic imine (C=N–C) groups is 1. The maximum absolute atomic E-state index is 4.65. The summed E-state index contributed by atoms with van der Waals surface area (Å²) in [7, 11) is 0. The second-order valence-electron chi connectivity index (χ2n) is 5.79. The van der Waals surface area contributed by atoms with Gasteiger partial charge in [0.1, 0.15) is 0 Å². The molecule has 1 heterocycles. The van der Waals surface area contributed by atoms with Crippen LogP contribution >= 0.6 is 35.7 Å². The third kappa shape index (κ3) is 4.47. The highest BCUT2D eigenvalue weighted by molar-refractivity contribution is 14.0. The molecule has 0 radical (unpaired) electrons. The molecule has 106 valence electrons. The first-order valence-corrected chi connectivity index (χ1v) is 7.70. The quantitative estimate of drug-likeness (QED) is 0.452. The molecule has 0 aromatic rings. The SMILES string of the molecule is CCN=C(NC1CC1C)N1CCSC(C)(C)C1.I. The van der Waals surface area contributed by atoms with Crippen LogP contribution in [0, 0.1) is 5.92 Å². The van der Waals surface area contributed by atoms with E-state index in [9.17, 15) is 0 Å². The molecular weight excluding hydrogens is 357 g/mol. The van der Waals surface area contributed by atoms with Gasteiger partial charge in [0.15, 0.2) is 5.96 Å². The van der Waals surface area contributed by atoms with Gasteiger partial charge in [-0.3, -0.25) is 4.99 Å². The fourth-order valence-corrected chi connectivity index (χ4v) is 3.38. The van der Waals surface area contributed by atoms with Gasteiger partial charge in [0, 0.05) is 36.2 Å². The lowest BCUT2D eigenvalue weighted by atomic mass is 10.2. The van der Waals surface area contributed by atoms with Gasteiger partial charge in [-0.15, -0.1) is 24.0 Å². The molecule has 0 spiro atoms. The third-order valence-corrected chi connectivity index (χ3v) is 4.75. The van der Waals surface area contributed by atoms with Crippen molar-refractivity contribution in [2.75, 3.05) is 25.4 Å². The highest BCUT2D eigenvalue weighted by atomic mass is 127. The van der Waals surface area contributed by atoms with Gasteiger partial charge in [-0.05, 0) is 33.1 Å². The van der Waals surface area contributed by atoms with Crippen molar-refractivity contribution in [3.8, 4) is 0 Å². The molecule has 0 amide bonds. The van der Waals surface area contributed by atoms with Gasteiger partial charge in [0.05, 0.1) is 0 Å². The molecule has 1 aliphatic heterocycles. The van der Waals surface area contributed by atoms with E-state index in [0.29, 0.717) is 10.8 Å². The Morgan fingerprint density at radius 2 is 2.17 bits per heavy atom. The van der Waals surface area contributed by atoms with E-state index in [1.807, 2.05) is 0 Å². The minimum absolute atomic E-state index is 0. The van der Waals surface area contributed by atoms with Crippen LogP contribution in [0.15, 0.2) is 4.99 Å². The van der Waals surface area contributed by atoms with Gasteiger partial charge < -0.3 is 10.2 Å². The van der Waals surface area contributed by atoms with Crippen LogP contribution in [0.1, 0.15) is 34.1 Å². The summed E-state index contributed by atoms with van der Waals surface area (Å²) >= 11 is 2.07. The van der Waals surface area contributed by atoms with Crippen LogP contribution in [0.5, 0.6) is 0 Å². The van der Waals surface area contributed by atoms with E-state index >= 15 is 0 Å². The van der Waals surface area contributed by atoms with Crippen molar-refractivity contribution < 1.29 is 0 Å². The molecule has 18 heavy (non-hydrogen) atoms. The number of thioether (sulfide) groups is 1. The average molecular weight is 383 g/mol. The average Bonchev–Trinajstić information content (AvgIpc) is 2.92. The lowest BCUT2D eigenvalue weighted by molar-refractivity contribution is 0.374. The molecule has 0 aromatic heterocycles. The van der Waals surface area contributed by atoms with E-state index in [-0.39, 0.29) is 24.0 Å². The molecule has 0 bridgehead atoms. The topological polar surface area (TPSA) is 27.6 Å². The van der Waals surface area contributed by atoms with Crippen LogP contribution in [0.2, 0.25) is 0 Å². The Balaban J connectivity index is 0.00000162. The molecule has 1 saturated heterocycles. The minimum Gasteiger partial charge on any atom is -0.353 e. The maximum atomic E-state index is 4.65. The van der Waals surface area contributed by atoms with Crippen molar-refractivity contribution in [2.45, 2.75) is 44.9 Å². The molecule has 1 saturated carbocycles. The molecule has 2 rings (SSSR count). The fourth-order valence-electron chi connectivity index (χ4n) is 2.27. The van der Waals surface area contributed by atoms with Crippen LogP contribution in [0.25, 0.3) is 0 Å². The number of hydrogen-bond acceptors (Lipinski definition) is 2. The minimum atomic E-state index is 0. The molecule has 5 heteroatoms. The summed E-state index contributed by atoms with van der Waals surface area (Å²) in [4.78, 5) is 7.09. The Hall–Kier alpha value is 0.350. The molecule has 1 aliphatic carbocycles. The van der Waals surface area contributed by atoms with Crippen molar-refractivity contribution in [3.63, 3.8) is 0 Å². The molecule has 2 atom stereocenters. The third-order valence-electron chi connectivity index (χ3n) is 3.46. The highest BCUT2D eigenvalue weighted by Gasteiger charge is 2.36. The maximum Gasteiger partial charge on any atom is 0.194 e. The Kier molecular flexibility index (Phi) is 6.09. The van der Waals surface area contributed by atoms with Gasteiger partial charge in [0.25, 0.3) is 0 Å². The number of rotatable bonds is 2. The summed E-state index contributed by atoms with van der Waals surface area (Å²) < 4.78 is 0.351. The van der Waals surface area contributed by atoms with Crippen LogP contribution in [0.3, 0.4) is 0 Å². The van der Waals surface area contributed by atoms with E-state index in [0.717, 1.165) is 31.5 Å². The molecule has 3 nitrogen and oxygen atoms in total. The van der Waals surface area contributed by atoms with E-state index in [4.69, 9.17) is 0 Å². The summed E-state index contributed by atoms with van der Waals surface area (Å²) in [6, 6.07) is 0.665. The fraction of sp³-hybridized carbons (Fsp3) is 0.923. The number of hydrogen-bond donors (Lipinski definition) is 1. The monoisotopic (exact) mass is 383 g/mol. The first-order valence-electron chi connectivity index (χ1n) is 6.72. The normalized spacial score (nSPS) is 30.7. The summed E-state index contributed by atoms with van der Waals surface area (Å²) in [6.07, 6.45) is 1.30. The largest absolute Gasteiger partial charge is 0.353 e. The second-order valence-corrected chi connectivity index (χ2v) is 7.59. The van der Waals surface area contributed by atoms with Crippen LogP contribution in [0.4, 0.5) is 0 Å². The zero-order chi connectivity index (χ0) is 12.5. The van der Waals surface area contributed by atoms with Crippen molar-refractivity contribution in [1.29, 1.82) is 0 Å². The Labute approximate surface area is 133 Å². The van der Waals surface area contributed by atoms with E-state index in [1.165, 1.54) is 12.2 Å². The first-order chi connectivity index (χ1) is 8.02. The van der Waals surface area contributed by atoms with E-state index in [1.54, 1.807) is 0 Å². The lowest BCUT2D eigenvalue weighted by Gasteiger charge is -2.39. The number of nitrogens with one attached hydrogen (secondary N) is 1.